The lowest BCUT2D eigenvalue weighted by Gasteiger charge is -2.26. The Kier molecular flexibility index (Phi) is 4.06. The molecule has 0 amide bonds. The fourth-order valence-corrected chi connectivity index (χ4v) is 1.54. The van der Waals surface area contributed by atoms with Gasteiger partial charge in [0.05, 0.1) is 12.5 Å². The van der Waals surface area contributed by atoms with Crippen molar-refractivity contribution < 1.29 is 0 Å². The van der Waals surface area contributed by atoms with Crippen LogP contribution in [0.15, 0.2) is 6.33 Å². The van der Waals surface area contributed by atoms with Crippen LogP contribution >= 0.6 is 0 Å². The highest BCUT2D eigenvalue weighted by atomic mass is 15.2. The summed E-state index contributed by atoms with van der Waals surface area (Å²) >= 11 is 0. The topological polar surface area (TPSA) is 78.8 Å². The Morgan fingerprint density at radius 1 is 1.56 bits per heavy atom. The molecule has 5 heteroatoms. The second kappa shape index (κ2) is 5.31. The van der Waals surface area contributed by atoms with Crippen LogP contribution in [-0.2, 0) is 6.42 Å². The smallest absolute Gasteiger partial charge is 0.137 e. The van der Waals surface area contributed by atoms with Gasteiger partial charge in [0.1, 0.15) is 18.0 Å². The zero-order valence-electron chi connectivity index (χ0n) is 9.94. The number of anilines is 2. The zero-order chi connectivity index (χ0) is 12.1. The van der Waals surface area contributed by atoms with Crippen molar-refractivity contribution >= 4 is 11.6 Å². The second-order valence-electron chi connectivity index (χ2n) is 3.74. The molecule has 0 aliphatic carbocycles. The van der Waals surface area contributed by atoms with Gasteiger partial charge in [-0.15, -0.1) is 0 Å². The molecule has 0 spiro atoms. The normalized spacial score (nSPS) is 11.9. The third kappa shape index (κ3) is 2.40. The number of nitrogens with zero attached hydrogens (tertiary/aromatic N) is 4. The summed E-state index contributed by atoms with van der Waals surface area (Å²) in [5, 5.41) is 8.68. The minimum Gasteiger partial charge on any atom is -0.383 e. The minimum absolute atomic E-state index is 0.115. The standard InChI is InChI=1S/C11H17N5/c1-4-9-10(13)14-7-15-11(9)16(3)8(2)5-6-12/h7-8H,4-5H2,1-3H3,(H2,13,14,15). The number of rotatable bonds is 4. The summed E-state index contributed by atoms with van der Waals surface area (Å²) in [5.41, 5.74) is 6.74. The summed E-state index contributed by atoms with van der Waals surface area (Å²) in [6, 6.07) is 2.27. The zero-order valence-corrected chi connectivity index (χ0v) is 9.94. The largest absolute Gasteiger partial charge is 0.383 e. The van der Waals surface area contributed by atoms with Crippen LogP contribution in [0.25, 0.3) is 0 Å². The Bertz CT molecular complexity index is 396. The predicted octanol–water partition coefficient (Wildman–Crippen LogP) is 1.36. The van der Waals surface area contributed by atoms with E-state index in [1.54, 1.807) is 0 Å². The van der Waals surface area contributed by atoms with E-state index in [1.165, 1.54) is 6.33 Å². The third-order valence-electron chi connectivity index (χ3n) is 2.69. The maximum Gasteiger partial charge on any atom is 0.137 e. The van der Waals surface area contributed by atoms with E-state index in [0.29, 0.717) is 12.2 Å². The van der Waals surface area contributed by atoms with Crippen molar-refractivity contribution in [2.45, 2.75) is 32.7 Å². The molecule has 16 heavy (non-hydrogen) atoms. The lowest BCUT2D eigenvalue weighted by atomic mass is 10.1. The molecule has 0 radical (unpaired) electrons. The van der Waals surface area contributed by atoms with Crippen molar-refractivity contribution in [3.8, 4) is 6.07 Å². The Balaban J connectivity index is 3.04. The van der Waals surface area contributed by atoms with E-state index >= 15 is 0 Å². The van der Waals surface area contributed by atoms with Gasteiger partial charge in [-0.2, -0.15) is 5.26 Å². The number of nitrogen functional groups attached to an aromatic ring is 1. The van der Waals surface area contributed by atoms with Crippen molar-refractivity contribution in [3.63, 3.8) is 0 Å². The van der Waals surface area contributed by atoms with Crippen LogP contribution in [0, 0.1) is 11.3 Å². The molecule has 0 bridgehead atoms. The monoisotopic (exact) mass is 219 g/mol. The van der Waals surface area contributed by atoms with Crippen LogP contribution in [0.5, 0.6) is 0 Å². The number of aromatic nitrogens is 2. The van der Waals surface area contributed by atoms with Gasteiger partial charge in [-0.05, 0) is 13.3 Å². The maximum atomic E-state index is 8.68. The van der Waals surface area contributed by atoms with Crippen LogP contribution in [0.2, 0.25) is 0 Å². The Hall–Kier alpha value is -1.83. The average molecular weight is 219 g/mol. The van der Waals surface area contributed by atoms with Crippen molar-refractivity contribution in [2.24, 2.45) is 0 Å². The SMILES string of the molecule is CCc1c(N)ncnc1N(C)C(C)CC#N. The highest BCUT2D eigenvalue weighted by Gasteiger charge is 2.16. The predicted molar refractivity (Wildman–Crippen MR) is 63.9 cm³/mol. The van der Waals surface area contributed by atoms with E-state index in [9.17, 15) is 0 Å². The molecule has 2 N–H and O–H groups in total. The van der Waals surface area contributed by atoms with E-state index in [-0.39, 0.29) is 6.04 Å². The van der Waals surface area contributed by atoms with Gasteiger partial charge in [0.2, 0.25) is 0 Å². The van der Waals surface area contributed by atoms with Crippen molar-refractivity contribution in [3.05, 3.63) is 11.9 Å². The van der Waals surface area contributed by atoms with Crippen molar-refractivity contribution in [2.75, 3.05) is 17.7 Å². The molecule has 0 aliphatic rings. The molecule has 1 rings (SSSR count). The molecule has 1 aromatic rings. The Morgan fingerprint density at radius 2 is 2.25 bits per heavy atom. The Labute approximate surface area is 95.9 Å². The van der Waals surface area contributed by atoms with Gasteiger partial charge in [0, 0.05) is 18.7 Å². The van der Waals surface area contributed by atoms with Gasteiger partial charge < -0.3 is 10.6 Å². The number of nitriles is 1. The lowest BCUT2D eigenvalue weighted by Crippen LogP contribution is -2.30. The lowest BCUT2D eigenvalue weighted by molar-refractivity contribution is 0.689. The minimum atomic E-state index is 0.115. The summed E-state index contributed by atoms with van der Waals surface area (Å²) < 4.78 is 0. The van der Waals surface area contributed by atoms with Crippen LogP contribution < -0.4 is 10.6 Å². The first-order valence-electron chi connectivity index (χ1n) is 5.30. The molecule has 0 saturated carbocycles. The van der Waals surface area contributed by atoms with E-state index in [1.807, 2.05) is 25.8 Å². The number of hydrogen-bond acceptors (Lipinski definition) is 5. The van der Waals surface area contributed by atoms with Crippen molar-refractivity contribution in [1.82, 2.24) is 9.97 Å². The van der Waals surface area contributed by atoms with E-state index in [0.717, 1.165) is 17.8 Å². The average Bonchev–Trinajstić information content (AvgIpc) is 2.28. The molecule has 1 unspecified atom stereocenters. The first-order valence-corrected chi connectivity index (χ1v) is 5.30. The van der Waals surface area contributed by atoms with Gasteiger partial charge in [-0.25, -0.2) is 9.97 Å². The molecule has 5 nitrogen and oxygen atoms in total. The summed E-state index contributed by atoms with van der Waals surface area (Å²) in [6.07, 6.45) is 2.70. The molecule has 1 heterocycles. The summed E-state index contributed by atoms with van der Waals surface area (Å²) in [4.78, 5) is 10.2. The van der Waals surface area contributed by atoms with Gasteiger partial charge >= 0.3 is 0 Å². The Morgan fingerprint density at radius 3 is 2.81 bits per heavy atom. The van der Waals surface area contributed by atoms with Gasteiger partial charge in [0.25, 0.3) is 0 Å². The van der Waals surface area contributed by atoms with Gasteiger partial charge in [0.15, 0.2) is 0 Å². The second-order valence-corrected chi connectivity index (χ2v) is 3.74. The highest BCUT2D eigenvalue weighted by molar-refractivity contribution is 5.56. The summed E-state index contributed by atoms with van der Waals surface area (Å²) in [5.74, 6) is 1.33. The fraction of sp³-hybridized carbons (Fsp3) is 0.545. The van der Waals surface area contributed by atoms with Crippen LogP contribution in [0.1, 0.15) is 25.8 Å². The van der Waals surface area contributed by atoms with Crippen molar-refractivity contribution in [1.29, 1.82) is 5.26 Å². The molecule has 0 fully saturated rings. The summed E-state index contributed by atoms with van der Waals surface area (Å²) in [7, 11) is 1.92. The van der Waals surface area contributed by atoms with Crippen LogP contribution in [-0.4, -0.2) is 23.1 Å². The quantitative estimate of drug-likeness (QED) is 0.827. The first-order chi connectivity index (χ1) is 7.61. The third-order valence-corrected chi connectivity index (χ3v) is 2.69. The van der Waals surface area contributed by atoms with E-state index in [4.69, 9.17) is 11.0 Å². The molecular weight excluding hydrogens is 202 g/mol. The molecule has 86 valence electrons. The molecule has 0 aliphatic heterocycles. The van der Waals surface area contributed by atoms with Gasteiger partial charge in [-0.1, -0.05) is 6.92 Å². The van der Waals surface area contributed by atoms with Crippen LogP contribution in [0.3, 0.4) is 0 Å². The summed E-state index contributed by atoms with van der Waals surface area (Å²) in [6.45, 7) is 4.00. The molecule has 0 aromatic carbocycles. The number of hydrogen-bond donors (Lipinski definition) is 1. The maximum absolute atomic E-state index is 8.68. The molecule has 1 atom stereocenters. The van der Waals surface area contributed by atoms with E-state index < -0.39 is 0 Å². The first kappa shape index (κ1) is 12.2. The fourth-order valence-electron chi connectivity index (χ4n) is 1.54. The van der Waals surface area contributed by atoms with E-state index in [2.05, 4.69) is 16.0 Å². The van der Waals surface area contributed by atoms with Crippen LogP contribution in [0.4, 0.5) is 11.6 Å². The highest BCUT2D eigenvalue weighted by Crippen LogP contribution is 2.22. The molecule has 1 aromatic heterocycles. The van der Waals surface area contributed by atoms with Gasteiger partial charge in [-0.3, -0.25) is 0 Å². The molecule has 0 saturated heterocycles. The molecular formula is C11H17N5. The number of nitrogens with two attached hydrogens (primary N) is 1.